The van der Waals surface area contributed by atoms with Crippen LogP contribution in [0, 0.1) is 0 Å². The molecule has 0 aromatic heterocycles. The predicted octanol–water partition coefficient (Wildman–Crippen LogP) is 1.49. The zero-order chi connectivity index (χ0) is 13.4. The summed E-state index contributed by atoms with van der Waals surface area (Å²) in [6.45, 7) is 4.01. The minimum atomic E-state index is 0.169. The number of benzene rings is 1. The number of hydrogen-bond donors (Lipinski definition) is 2. The van der Waals surface area contributed by atoms with Crippen molar-refractivity contribution in [2.24, 2.45) is 0 Å². The van der Waals surface area contributed by atoms with Gasteiger partial charge in [-0.3, -0.25) is 0 Å². The molecule has 4 heteroatoms. The van der Waals surface area contributed by atoms with Gasteiger partial charge in [0, 0.05) is 31.4 Å². The normalized spacial score (nSPS) is 12.2. The highest BCUT2D eigenvalue weighted by Gasteiger charge is 2.08. The molecule has 1 rings (SSSR count). The molecular formula is C14H24N2O2. The number of likely N-dealkylation sites (N-methyl/N-ethyl adjacent to an activating group) is 1. The van der Waals surface area contributed by atoms with E-state index < -0.39 is 0 Å². The van der Waals surface area contributed by atoms with Gasteiger partial charge in [-0.05, 0) is 25.1 Å². The van der Waals surface area contributed by atoms with Crippen molar-refractivity contribution in [3.05, 3.63) is 24.3 Å². The summed E-state index contributed by atoms with van der Waals surface area (Å²) >= 11 is 0. The van der Waals surface area contributed by atoms with E-state index >= 15 is 0 Å². The van der Waals surface area contributed by atoms with E-state index in [4.69, 9.17) is 4.74 Å². The Bertz CT molecular complexity index is 344. The van der Waals surface area contributed by atoms with Crippen LogP contribution in [-0.4, -0.2) is 45.0 Å². The van der Waals surface area contributed by atoms with Crippen molar-refractivity contribution in [1.82, 2.24) is 5.32 Å². The van der Waals surface area contributed by atoms with Crippen LogP contribution in [0.3, 0.4) is 0 Å². The topological polar surface area (TPSA) is 44.7 Å². The van der Waals surface area contributed by atoms with Gasteiger partial charge in [-0.1, -0.05) is 13.0 Å². The van der Waals surface area contributed by atoms with E-state index in [0.717, 1.165) is 30.9 Å². The van der Waals surface area contributed by atoms with Gasteiger partial charge in [0.25, 0.3) is 0 Å². The largest absolute Gasteiger partial charge is 0.497 e. The van der Waals surface area contributed by atoms with Crippen LogP contribution in [0.1, 0.15) is 13.3 Å². The second-order valence-electron chi connectivity index (χ2n) is 4.35. The Kier molecular flexibility index (Phi) is 6.54. The number of aliphatic hydroxyl groups excluding tert-OH is 1. The molecule has 0 spiro atoms. The summed E-state index contributed by atoms with van der Waals surface area (Å²) in [4.78, 5) is 2.17. The minimum absolute atomic E-state index is 0.169. The first-order chi connectivity index (χ1) is 8.71. The van der Waals surface area contributed by atoms with E-state index in [2.05, 4.69) is 30.3 Å². The van der Waals surface area contributed by atoms with Crippen LogP contribution in [0.4, 0.5) is 5.69 Å². The fourth-order valence-corrected chi connectivity index (χ4v) is 1.87. The lowest BCUT2D eigenvalue weighted by Gasteiger charge is -2.23. The van der Waals surface area contributed by atoms with Crippen LogP contribution in [0.5, 0.6) is 5.75 Å². The fraction of sp³-hybridized carbons (Fsp3) is 0.571. The number of rotatable bonds is 8. The van der Waals surface area contributed by atoms with Gasteiger partial charge in [-0.15, -0.1) is 0 Å². The molecule has 1 aromatic carbocycles. The van der Waals surface area contributed by atoms with Crippen molar-refractivity contribution in [3.8, 4) is 5.75 Å². The number of hydrogen-bond acceptors (Lipinski definition) is 4. The number of aliphatic hydroxyl groups is 1. The SMILES string of the molecule is CCNC(CO)CCN(C)c1cccc(OC)c1. The Morgan fingerprint density at radius 3 is 2.83 bits per heavy atom. The van der Waals surface area contributed by atoms with Gasteiger partial charge in [-0.2, -0.15) is 0 Å². The lowest BCUT2D eigenvalue weighted by molar-refractivity contribution is 0.238. The van der Waals surface area contributed by atoms with Crippen molar-refractivity contribution in [1.29, 1.82) is 0 Å². The van der Waals surface area contributed by atoms with Crippen LogP contribution in [0.2, 0.25) is 0 Å². The summed E-state index contributed by atoms with van der Waals surface area (Å²) in [7, 11) is 3.72. The smallest absolute Gasteiger partial charge is 0.120 e. The summed E-state index contributed by atoms with van der Waals surface area (Å²) in [5, 5.41) is 12.5. The first-order valence-electron chi connectivity index (χ1n) is 6.40. The monoisotopic (exact) mass is 252 g/mol. The van der Waals surface area contributed by atoms with Crippen molar-refractivity contribution in [3.63, 3.8) is 0 Å². The van der Waals surface area contributed by atoms with Gasteiger partial charge in [0.15, 0.2) is 0 Å². The summed E-state index contributed by atoms with van der Waals surface area (Å²) < 4.78 is 5.21. The number of anilines is 1. The van der Waals surface area contributed by atoms with Crippen LogP contribution >= 0.6 is 0 Å². The maximum Gasteiger partial charge on any atom is 0.120 e. The Morgan fingerprint density at radius 1 is 1.44 bits per heavy atom. The van der Waals surface area contributed by atoms with Crippen LogP contribution in [-0.2, 0) is 0 Å². The van der Waals surface area contributed by atoms with Crippen molar-refractivity contribution in [2.75, 3.05) is 38.8 Å². The third-order valence-corrected chi connectivity index (χ3v) is 3.02. The second-order valence-corrected chi connectivity index (χ2v) is 4.35. The third-order valence-electron chi connectivity index (χ3n) is 3.02. The molecule has 4 nitrogen and oxygen atoms in total. The highest BCUT2D eigenvalue weighted by atomic mass is 16.5. The second kappa shape index (κ2) is 7.95. The molecule has 0 fully saturated rings. The zero-order valence-corrected chi connectivity index (χ0v) is 11.5. The predicted molar refractivity (Wildman–Crippen MR) is 75.4 cm³/mol. The molecule has 18 heavy (non-hydrogen) atoms. The summed E-state index contributed by atoms with van der Waals surface area (Å²) in [5.41, 5.74) is 1.13. The molecule has 0 saturated carbocycles. The Hall–Kier alpha value is -1.26. The van der Waals surface area contributed by atoms with E-state index in [1.165, 1.54) is 0 Å². The number of methoxy groups -OCH3 is 1. The lowest BCUT2D eigenvalue weighted by Crippen LogP contribution is -2.35. The van der Waals surface area contributed by atoms with Crippen LogP contribution < -0.4 is 15.0 Å². The molecule has 0 aliphatic rings. The Morgan fingerprint density at radius 2 is 2.22 bits per heavy atom. The van der Waals surface area contributed by atoms with Crippen molar-refractivity contribution in [2.45, 2.75) is 19.4 Å². The zero-order valence-electron chi connectivity index (χ0n) is 11.5. The molecule has 0 amide bonds. The molecular weight excluding hydrogens is 228 g/mol. The minimum Gasteiger partial charge on any atom is -0.497 e. The van der Waals surface area contributed by atoms with Gasteiger partial charge in [-0.25, -0.2) is 0 Å². The van der Waals surface area contributed by atoms with E-state index in [0.29, 0.717) is 0 Å². The van der Waals surface area contributed by atoms with Crippen LogP contribution in [0.25, 0.3) is 0 Å². The molecule has 0 aliphatic carbocycles. The van der Waals surface area contributed by atoms with Gasteiger partial charge >= 0.3 is 0 Å². The summed E-state index contributed by atoms with van der Waals surface area (Å²) in [6.07, 6.45) is 0.915. The molecule has 0 bridgehead atoms. The van der Waals surface area contributed by atoms with Gasteiger partial charge in [0.2, 0.25) is 0 Å². The standard InChI is InChI=1S/C14H24N2O2/c1-4-15-12(11-17)8-9-16(2)13-6-5-7-14(10-13)18-3/h5-7,10,12,15,17H,4,8-9,11H2,1-3H3. The van der Waals surface area contributed by atoms with Gasteiger partial charge in [0.1, 0.15) is 5.75 Å². The average molecular weight is 252 g/mol. The first kappa shape index (κ1) is 14.8. The van der Waals surface area contributed by atoms with Gasteiger partial charge in [0.05, 0.1) is 13.7 Å². The molecule has 0 radical (unpaired) electrons. The van der Waals surface area contributed by atoms with E-state index in [1.54, 1.807) is 7.11 Å². The summed E-state index contributed by atoms with van der Waals surface area (Å²) in [5.74, 6) is 0.866. The molecule has 0 aliphatic heterocycles. The molecule has 0 heterocycles. The third kappa shape index (κ3) is 4.55. The Balaban J connectivity index is 2.50. The number of nitrogens with one attached hydrogen (secondary N) is 1. The van der Waals surface area contributed by atoms with E-state index in [-0.39, 0.29) is 12.6 Å². The van der Waals surface area contributed by atoms with E-state index in [9.17, 15) is 5.11 Å². The quantitative estimate of drug-likeness (QED) is 0.736. The molecule has 2 N–H and O–H groups in total. The number of ether oxygens (including phenoxy) is 1. The average Bonchev–Trinajstić information content (AvgIpc) is 2.43. The fourth-order valence-electron chi connectivity index (χ4n) is 1.87. The maximum atomic E-state index is 9.22. The maximum absolute atomic E-state index is 9.22. The van der Waals surface area contributed by atoms with Gasteiger partial charge < -0.3 is 20.1 Å². The highest BCUT2D eigenvalue weighted by Crippen LogP contribution is 2.20. The molecule has 0 saturated heterocycles. The van der Waals surface area contributed by atoms with Crippen LogP contribution in [0.15, 0.2) is 24.3 Å². The number of nitrogens with zero attached hydrogens (tertiary/aromatic N) is 1. The van der Waals surface area contributed by atoms with Crippen molar-refractivity contribution >= 4 is 5.69 Å². The Labute approximate surface area is 110 Å². The van der Waals surface area contributed by atoms with Crippen molar-refractivity contribution < 1.29 is 9.84 Å². The lowest BCUT2D eigenvalue weighted by atomic mass is 10.2. The molecule has 1 unspecified atom stereocenters. The van der Waals surface area contributed by atoms with E-state index in [1.807, 2.05) is 18.2 Å². The summed E-state index contributed by atoms with van der Waals surface area (Å²) in [6, 6.07) is 8.17. The molecule has 1 atom stereocenters. The molecule has 102 valence electrons. The first-order valence-corrected chi connectivity index (χ1v) is 6.40. The highest BCUT2D eigenvalue weighted by molar-refractivity contribution is 5.50. The molecule has 1 aromatic rings.